The fourth-order valence-corrected chi connectivity index (χ4v) is 2.74. The van der Waals surface area contributed by atoms with Crippen LogP contribution in [0.5, 0.6) is 5.75 Å². The molecule has 23 heavy (non-hydrogen) atoms. The molecule has 7 heteroatoms. The van der Waals surface area contributed by atoms with Gasteiger partial charge in [0, 0.05) is 18.9 Å². The van der Waals surface area contributed by atoms with Crippen molar-refractivity contribution >= 4 is 18.0 Å². The van der Waals surface area contributed by atoms with E-state index in [9.17, 15) is 24.9 Å². The fourth-order valence-electron chi connectivity index (χ4n) is 2.74. The molecule has 3 fully saturated rings. The van der Waals surface area contributed by atoms with E-state index in [1.807, 2.05) is 0 Å². The number of carbonyl (C=O) groups excluding carboxylic acids is 2. The van der Waals surface area contributed by atoms with Gasteiger partial charge < -0.3 is 24.8 Å². The van der Waals surface area contributed by atoms with Crippen LogP contribution in [0.2, 0.25) is 0 Å². The molecule has 122 valence electrons. The minimum absolute atomic E-state index is 0.00879. The number of aromatic hydroxyl groups is 1. The quantitative estimate of drug-likeness (QED) is 0.548. The molecule has 2 bridgehead atoms. The molecule has 0 radical (unpaired) electrons. The van der Waals surface area contributed by atoms with Gasteiger partial charge in [-0.15, -0.1) is 0 Å². The molecular weight excluding hydrogens is 304 g/mol. The zero-order valence-electron chi connectivity index (χ0n) is 12.1. The Balaban J connectivity index is 1.66. The topological polar surface area (TPSA) is 113 Å². The van der Waals surface area contributed by atoms with Crippen LogP contribution in [-0.2, 0) is 19.1 Å². The second-order valence-electron chi connectivity index (χ2n) is 5.82. The van der Waals surface area contributed by atoms with Crippen molar-refractivity contribution in [2.24, 2.45) is 0 Å². The molecule has 3 N–H and O–H groups in total. The van der Waals surface area contributed by atoms with E-state index in [0.717, 1.165) is 6.08 Å². The lowest BCUT2D eigenvalue weighted by Gasteiger charge is -2.49. The predicted octanol–water partition coefficient (Wildman–Crippen LogP) is 0.478. The lowest BCUT2D eigenvalue weighted by atomic mass is 9.76. The minimum Gasteiger partial charge on any atom is -0.508 e. The number of rotatable bonds is 3. The first-order valence-electron chi connectivity index (χ1n) is 7.17. The molecule has 2 unspecified atom stereocenters. The van der Waals surface area contributed by atoms with Gasteiger partial charge in [-0.2, -0.15) is 0 Å². The molecule has 7 nitrogen and oxygen atoms in total. The van der Waals surface area contributed by atoms with Crippen molar-refractivity contribution in [3.63, 3.8) is 0 Å². The summed E-state index contributed by atoms with van der Waals surface area (Å²) in [6.07, 6.45) is 1.41. The average Bonchev–Trinajstić information content (AvgIpc) is 2.50. The Morgan fingerprint density at radius 3 is 2.61 bits per heavy atom. The zero-order valence-corrected chi connectivity index (χ0v) is 12.1. The van der Waals surface area contributed by atoms with Crippen LogP contribution in [0.25, 0.3) is 6.08 Å². The molecule has 1 aromatic carbocycles. The molecule has 2 heterocycles. The number of phenols is 1. The van der Waals surface area contributed by atoms with Crippen molar-refractivity contribution in [2.75, 3.05) is 0 Å². The normalized spacial score (nSPS) is 32.8. The number of carbonyl (C=O) groups is 2. The predicted molar refractivity (Wildman–Crippen MR) is 76.9 cm³/mol. The molecule has 0 amide bonds. The van der Waals surface area contributed by atoms with Crippen LogP contribution in [-0.4, -0.2) is 44.8 Å². The summed E-state index contributed by atoms with van der Waals surface area (Å²) in [5.41, 5.74) is -1.04. The van der Waals surface area contributed by atoms with Crippen LogP contribution in [0.4, 0.5) is 0 Å². The number of aliphatic hydroxyl groups is 2. The van der Waals surface area contributed by atoms with Gasteiger partial charge in [-0.1, -0.05) is 12.1 Å². The largest absolute Gasteiger partial charge is 0.508 e. The molecule has 1 aliphatic carbocycles. The van der Waals surface area contributed by atoms with Crippen LogP contribution in [0.3, 0.4) is 0 Å². The molecular formula is C16H16O7. The summed E-state index contributed by atoms with van der Waals surface area (Å²) >= 11 is 0. The van der Waals surface area contributed by atoms with Gasteiger partial charge in [0.25, 0.3) is 0 Å². The van der Waals surface area contributed by atoms with Gasteiger partial charge in [-0.25, -0.2) is 9.59 Å². The van der Waals surface area contributed by atoms with E-state index in [4.69, 9.17) is 9.47 Å². The van der Waals surface area contributed by atoms with Crippen molar-refractivity contribution in [3.8, 4) is 5.75 Å². The third-order valence-corrected chi connectivity index (χ3v) is 4.14. The van der Waals surface area contributed by atoms with E-state index in [-0.39, 0.29) is 25.0 Å². The Hall–Kier alpha value is -2.38. The molecule has 1 saturated carbocycles. The van der Waals surface area contributed by atoms with E-state index in [0.29, 0.717) is 5.56 Å². The molecule has 1 aromatic rings. The maximum Gasteiger partial charge on any atom is 0.340 e. The Bertz CT molecular complexity index is 666. The number of phenolic OH excluding ortho intramolecular Hbond substituents is 1. The molecule has 3 atom stereocenters. The van der Waals surface area contributed by atoms with Gasteiger partial charge >= 0.3 is 11.9 Å². The van der Waals surface area contributed by atoms with Crippen LogP contribution >= 0.6 is 0 Å². The minimum atomic E-state index is -1.89. The Morgan fingerprint density at radius 1 is 1.26 bits per heavy atom. The van der Waals surface area contributed by atoms with Gasteiger partial charge in [0.15, 0.2) is 11.7 Å². The highest BCUT2D eigenvalue weighted by Gasteiger charge is 2.62. The molecule has 0 spiro atoms. The molecule has 2 aliphatic heterocycles. The second-order valence-corrected chi connectivity index (χ2v) is 5.82. The van der Waals surface area contributed by atoms with Gasteiger partial charge in [0.05, 0.1) is 0 Å². The van der Waals surface area contributed by atoms with Gasteiger partial charge in [0.2, 0.25) is 5.79 Å². The maximum absolute atomic E-state index is 11.9. The average molecular weight is 320 g/mol. The second kappa shape index (κ2) is 5.36. The first kappa shape index (κ1) is 15.5. The molecule has 0 aromatic heterocycles. The smallest absolute Gasteiger partial charge is 0.340 e. The number of esters is 2. The number of fused-ring (bicyclic) bond motifs is 3. The van der Waals surface area contributed by atoms with E-state index >= 15 is 0 Å². The zero-order chi connectivity index (χ0) is 16.7. The summed E-state index contributed by atoms with van der Waals surface area (Å²) in [7, 11) is 0. The number of hydrogen-bond donors (Lipinski definition) is 3. The van der Waals surface area contributed by atoms with Gasteiger partial charge in [-0.05, 0) is 30.2 Å². The molecule has 3 aliphatic rings. The SMILES string of the molecule is O=C(/C=C/c1ccc(O)cc1)OC1C[C@]2(O)CCC1(O)OC2=O. The maximum atomic E-state index is 11.9. The van der Waals surface area contributed by atoms with E-state index in [1.165, 1.54) is 18.2 Å². The van der Waals surface area contributed by atoms with E-state index < -0.39 is 29.4 Å². The van der Waals surface area contributed by atoms with E-state index in [1.54, 1.807) is 12.1 Å². The number of benzene rings is 1. The fraction of sp³-hybridized carbons (Fsp3) is 0.375. The highest BCUT2D eigenvalue weighted by Crippen LogP contribution is 2.44. The van der Waals surface area contributed by atoms with Gasteiger partial charge in [-0.3, -0.25) is 0 Å². The Kier molecular flexibility index (Phi) is 3.62. The highest BCUT2D eigenvalue weighted by atomic mass is 16.7. The summed E-state index contributed by atoms with van der Waals surface area (Å²) < 4.78 is 9.93. The van der Waals surface area contributed by atoms with Crippen molar-refractivity contribution in [1.82, 2.24) is 0 Å². The summed E-state index contributed by atoms with van der Waals surface area (Å²) in [6, 6.07) is 6.17. The van der Waals surface area contributed by atoms with Crippen LogP contribution < -0.4 is 0 Å². The molecule has 2 saturated heterocycles. The number of hydrogen-bond acceptors (Lipinski definition) is 7. The van der Waals surface area contributed by atoms with Crippen LogP contribution in [0.1, 0.15) is 24.8 Å². The van der Waals surface area contributed by atoms with Crippen molar-refractivity contribution in [2.45, 2.75) is 36.8 Å². The van der Waals surface area contributed by atoms with Crippen molar-refractivity contribution in [1.29, 1.82) is 0 Å². The summed E-state index contributed by atoms with van der Waals surface area (Å²) in [5, 5.41) is 29.5. The monoisotopic (exact) mass is 320 g/mol. The van der Waals surface area contributed by atoms with Crippen molar-refractivity contribution in [3.05, 3.63) is 35.9 Å². The number of ether oxygens (including phenoxy) is 2. The summed E-state index contributed by atoms with van der Waals surface area (Å²) in [5.74, 6) is -3.40. The third-order valence-electron chi connectivity index (χ3n) is 4.14. The van der Waals surface area contributed by atoms with Crippen LogP contribution in [0.15, 0.2) is 30.3 Å². The Labute approximate surface area is 131 Å². The lowest BCUT2D eigenvalue weighted by Crippen LogP contribution is -2.66. The van der Waals surface area contributed by atoms with Crippen molar-refractivity contribution < 1.29 is 34.4 Å². The highest BCUT2D eigenvalue weighted by molar-refractivity contribution is 5.87. The standard InChI is InChI=1S/C16H16O7/c17-11-4-1-10(2-5-11)3-6-13(18)22-12-9-15(20)7-8-16(12,21)23-14(15)19/h1-6,12,17,20-21H,7-9H2/b6-3+/t12?,15-,16?/m1/s1. The summed E-state index contributed by atoms with van der Waals surface area (Å²) in [4.78, 5) is 23.4. The Morgan fingerprint density at radius 2 is 1.96 bits per heavy atom. The van der Waals surface area contributed by atoms with Gasteiger partial charge in [0.1, 0.15) is 5.75 Å². The first-order valence-corrected chi connectivity index (χ1v) is 7.17. The first-order chi connectivity index (χ1) is 10.8. The summed E-state index contributed by atoms with van der Waals surface area (Å²) in [6.45, 7) is 0. The van der Waals surface area contributed by atoms with E-state index in [2.05, 4.69) is 0 Å². The molecule has 4 rings (SSSR count). The lowest BCUT2D eigenvalue weighted by molar-refractivity contribution is -0.316. The van der Waals surface area contributed by atoms with Crippen LogP contribution in [0, 0.1) is 0 Å². The third kappa shape index (κ3) is 2.93.